The van der Waals surface area contributed by atoms with Gasteiger partial charge >= 0.3 is 0 Å². The van der Waals surface area contributed by atoms with Crippen molar-refractivity contribution < 1.29 is 9.13 Å². The maximum atomic E-state index is 12.8. The van der Waals surface area contributed by atoms with Gasteiger partial charge in [0, 0.05) is 29.5 Å². The average Bonchev–Trinajstić information content (AvgIpc) is 2.29. The maximum Gasteiger partial charge on any atom is 0.125 e. The van der Waals surface area contributed by atoms with Crippen LogP contribution in [-0.4, -0.2) is 19.0 Å². The van der Waals surface area contributed by atoms with Gasteiger partial charge < -0.3 is 10.5 Å². The van der Waals surface area contributed by atoms with Gasteiger partial charge in [0.2, 0.25) is 0 Å². The van der Waals surface area contributed by atoms with Crippen molar-refractivity contribution in [2.24, 2.45) is 5.92 Å². The largest absolute Gasteiger partial charge is 0.398 e. The molecule has 0 amide bonds. The number of ether oxygens (including phenoxy) is 1. The predicted molar refractivity (Wildman–Crippen MR) is 65.1 cm³/mol. The summed E-state index contributed by atoms with van der Waals surface area (Å²) in [5.41, 5.74) is 6.29. The first kappa shape index (κ1) is 11.7. The van der Waals surface area contributed by atoms with Crippen molar-refractivity contribution in [2.45, 2.75) is 17.7 Å². The minimum absolute atomic E-state index is 0.270. The van der Waals surface area contributed by atoms with E-state index in [0.29, 0.717) is 11.6 Å². The summed E-state index contributed by atoms with van der Waals surface area (Å²) in [4.78, 5) is 0.980. The van der Waals surface area contributed by atoms with Crippen LogP contribution in [0.5, 0.6) is 0 Å². The first-order valence-corrected chi connectivity index (χ1v) is 6.50. The summed E-state index contributed by atoms with van der Waals surface area (Å²) in [7, 11) is 0. The standard InChI is InChI=1S/C12H16FNOS/c13-10-1-2-12(11(14)7-10)16-8-9-3-5-15-6-4-9/h1-2,7,9H,3-6,8,14H2. The van der Waals surface area contributed by atoms with Gasteiger partial charge in [-0.05, 0) is 37.0 Å². The fourth-order valence-corrected chi connectivity index (χ4v) is 2.91. The van der Waals surface area contributed by atoms with Crippen molar-refractivity contribution in [3.05, 3.63) is 24.0 Å². The van der Waals surface area contributed by atoms with Crippen molar-refractivity contribution in [3.63, 3.8) is 0 Å². The van der Waals surface area contributed by atoms with E-state index in [1.54, 1.807) is 17.8 Å². The molecule has 0 bridgehead atoms. The van der Waals surface area contributed by atoms with E-state index >= 15 is 0 Å². The van der Waals surface area contributed by atoms with Crippen molar-refractivity contribution in [1.82, 2.24) is 0 Å². The Morgan fingerprint density at radius 2 is 2.12 bits per heavy atom. The van der Waals surface area contributed by atoms with Crippen LogP contribution in [0.1, 0.15) is 12.8 Å². The summed E-state index contributed by atoms with van der Waals surface area (Å²) in [5, 5.41) is 0. The number of thioether (sulfide) groups is 1. The number of anilines is 1. The van der Waals surface area contributed by atoms with Gasteiger partial charge in [0.25, 0.3) is 0 Å². The molecule has 4 heteroatoms. The van der Waals surface area contributed by atoms with E-state index < -0.39 is 0 Å². The van der Waals surface area contributed by atoms with Crippen LogP contribution in [-0.2, 0) is 4.74 Å². The molecule has 1 aromatic rings. The Balaban J connectivity index is 1.88. The van der Waals surface area contributed by atoms with Crippen LogP contribution >= 0.6 is 11.8 Å². The van der Waals surface area contributed by atoms with Crippen molar-refractivity contribution in [2.75, 3.05) is 24.7 Å². The highest BCUT2D eigenvalue weighted by molar-refractivity contribution is 7.99. The summed E-state index contributed by atoms with van der Waals surface area (Å²) in [5.74, 6) is 1.47. The molecule has 0 spiro atoms. The molecular formula is C12H16FNOS. The van der Waals surface area contributed by atoms with E-state index in [1.807, 2.05) is 0 Å². The third-order valence-electron chi connectivity index (χ3n) is 2.79. The molecule has 1 fully saturated rings. The molecule has 0 radical (unpaired) electrons. The summed E-state index contributed by atoms with van der Waals surface area (Å²) in [6, 6.07) is 4.60. The fraction of sp³-hybridized carbons (Fsp3) is 0.500. The van der Waals surface area contributed by atoms with Crippen LogP contribution in [0.25, 0.3) is 0 Å². The van der Waals surface area contributed by atoms with Crippen LogP contribution in [0, 0.1) is 11.7 Å². The van der Waals surface area contributed by atoms with Crippen molar-refractivity contribution in [1.29, 1.82) is 0 Å². The third kappa shape index (κ3) is 3.12. The molecule has 1 aliphatic rings. The van der Waals surface area contributed by atoms with Gasteiger partial charge in [-0.15, -0.1) is 11.8 Å². The molecule has 2 nitrogen and oxygen atoms in total. The van der Waals surface area contributed by atoms with E-state index in [2.05, 4.69) is 0 Å². The lowest BCUT2D eigenvalue weighted by Crippen LogP contribution is -2.17. The van der Waals surface area contributed by atoms with Crippen LogP contribution < -0.4 is 5.73 Å². The predicted octanol–water partition coefficient (Wildman–Crippen LogP) is 2.93. The molecule has 1 aliphatic heterocycles. The molecule has 16 heavy (non-hydrogen) atoms. The molecule has 88 valence electrons. The molecule has 2 rings (SSSR count). The van der Waals surface area contributed by atoms with Gasteiger partial charge in [0.15, 0.2) is 0 Å². The SMILES string of the molecule is Nc1cc(F)ccc1SCC1CCOCC1. The molecule has 0 aliphatic carbocycles. The second kappa shape index (κ2) is 5.55. The van der Waals surface area contributed by atoms with E-state index in [-0.39, 0.29) is 5.82 Å². The van der Waals surface area contributed by atoms with Crippen LogP contribution in [0.3, 0.4) is 0 Å². The number of rotatable bonds is 3. The number of halogens is 1. The zero-order valence-corrected chi connectivity index (χ0v) is 9.93. The maximum absolute atomic E-state index is 12.8. The molecule has 1 heterocycles. The summed E-state index contributed by atoms with van der Waals surface area (Å²) in [6.07, 6.45) is 2.24. The Kier molecular flexibility index (Phi) is 4.07. The Labute approximate surface area is 99.4 Å². The molecular weight excluding hydrogens is 225 g/mol. The fourth-order valence-electron chi connectivity index (χ4n) is 1.77. The number of nitrogens with two attached hydrogens (primary N) is 1. The summed E-state index contributed by atoms with van der Waals surface area (Å²) < 4.78 is 18.1. The Bertz CT molecular complexity index is 353. The molecule has 1 saturated heterocycles. The second-order valence-corrected chi connectivity index (χ2v) is 5.11. The molecule has 0 unspecified atom stereocenters. The van der Waals surface area contributed by atoms with Gasteiger partial charge in [0.1, 0.15) is 5.82 Å². The highest BCUT2D eigenvalue weighted by Gasteiger charge is 2.14. The minimum atomic E-state index is -0.270. The van der Waals surface area contributed by atoms with Gasteiger partial charge in [-0.1, -0.05) is 0 Å². The lowest BCUT2D eigenvalue weighted by molar-refractivity contribution is 0.0728. The average molecular weight is 241 g/mol. The third-order valence-corrected chi connectivity index (χ3v) is 4.11. The normalized spacial score (nSPS) is 17.6. The number of hydrogen-bond acceptors (Lipinski definition) is 3. The van der Waals surface area contributed by atoms with Gasteiger partial charge in [0.05, 0.1) is 0 Å². The smallest absolute Gasteiger partial charge is 0.125 e. The molecule has 0 atom stereocenters. The number of benzene rings is 1. The molecule has 2 N–H and O–H groups in total. The lowest BCUT2D eigenvalue weighted by atomic mass is 10.0. The first-order valence-electron chi connectivity index (χ1n) is 5.51. The zero-order valence-electron chi connectivity index (χ0n) is 9.12. The Hall–Kier alpha value is -0.740. The number of hydrogen-bond donors (Lipinski definition) is 1. The molecule has 1 aromatic carbocycles. The Morgan fingerprint density at radius 3 is 2.81 bits per heavy atom. The topological polar surface area (TPSA) is 35.2 Å². The molecule has 0 saturated carbocycles. The van der Waals surface area contributed by atoms with E-state index in [4.69, 9.17) is 10.5 Å². The van der Waals surface area contributed by atoms with Gasteiger partial charge in [-0.3, -0.25) is 0 Å². The zero-order chi connectivity index (χ0) is 11.4. The van der Waals surface area contributed by atoms with Gasteiger partial charge in [-0.2, -0.15) is 0 Å². The Morgan fingerprint density at radius 1 is 1.38 bits per heavy atom. The monoisotopic (exact) mass is 241 g/mol. The van der Waals surface area contributed by atoms with Crippen molar-refractivity contribution in [3.8, 4) is 0 Å². The highest BCUT2D eigenvalue weighted by atomic mass is 32.2. The van der Waals surface area contributed by atoms with Crippen LogP contribution in [0.2, 0.25) is 0 Å². The van der Waals surface area contributed by atoms with Crippen molar-refractivity contribution >= 4 is 17.4 Å². The molecule has 0 aromatic heterocycles. The van der Waals surface area contributed by atoms with Crippen LogP contribution in [0.15, 0.2) is 23.1 Å². The number of nitrogen functional groups attached to an aromatic ring is 1. The highest BCUT2D eigenvalue weighted by Crippen LogP contribution is 2.29. The van der Waals surface area contributed by atoms with Gasteiger partial charge in [-0.25, -0.2) is 4.39 Å². The van der Waals surface area contributed by atoms with Crippen LogP contribution in [0.4, 0.5) is 10.1 Å². The first-order chi connectivity index (χ1) is 7.75. The summed E-state index contributed by atoms with van der Waals surface area (Å²) in [6.45, 7) is 1.73. The lowest BCUT2D eigenvalue weighted by Gasteiger charge is -2.21. The quantitative estimate of drug-likeness (QED) is 0.653. The minimum Gasteiger partial charge on any atom is -0.398 e. The van der Waals surface area contributed by atoms with E-state index in [0.717, 1.165) is 36.7 Å². The second-order valence-electron chi connectivity index (χ2n) is 4.05. The van der Waals surface area contributed by atoms with E-state index in [9.17, 15) is 4.39 Å². The summed E-state index contributed by atoms with van der Waals surface area (Å²) >= 11 is 1.72. The van der Waals surface area contributed by atoms with E-state index in [1.165, 1.54) is 12.1 Å².